The number of alkyl halides is 3. The van der Waals surface area contributed by atoms with E-state index in [0.717, 1.165) is 23.1 Å². The molecule has 3 heterocycles. The lowest BCUT2D eigenvalue weighted by Gasteiger charge is -2.09. The SMILES string of the molecule is Nc1nccc(-c2c[nH]c3ncc(-c4cccc(C(F)(F)F)c4)cc23)n1. The average Bonchev–Trinajstić information content (AvgIpc) is 3.04. The standard InChI is InChI=1S/C18H12F3N5/c19-18(20,21)12-3-1-2-10(6-12)11-7-13-14(9-25-16(13)24-8-11)15-4-5-23-17(22)26-15/h1-9H,(H,24,25)(H2,22,23,26). The van der Waals surface area contributed by atoms with Crippen LogP contribution in [0.1, 0.15) is 5.56 Å². The van der Waals surface area contributed by atoms with Gasteiger partial charge in [-0.15, -0.1) is 0 Å². The molecule has 5 nitrogen and oxygen atoms in total. The first-order valence-electron chi connectivity index (χ1n) is 7.65. The molecule has 0 aliphatic carbocycles. The van der Waals surface area contributed by atoms with Crippen LogP contribution in [-0.4, -0.2) is 19.9 Å². The van der Waals surface area contributed by atoms with E-state index in [1.807, 2.05) is 0 Å². The summed E-state index contributed by atoms with van der Waals surface area (Å²) >= 11 is 0. The van der Waals surface area contributed by atoms with E-state index in [1.54, 1.807) is 30.6 Å². The number of nitrogens with two attached hydrogens (primary N) is 1. The summed E-state index contributed by atoms with van der Waals surface area (Å²) in [7, 11) is 0. The van der Waals surface area contributed by atoms with Crippen LogP contribution in [-0.2, 0) is 6.18 Å². The highest BCUT2D eigenvalue weighted by atomic mass is 19.4. The fourth-order valence-electron chi connectivity index (χ4n) is 2.77. The number of anilines is 1. The number of nitrogen functional groups attached to an aromatic ring is 1. The normalized spacial score (nSPS) is 11.8. The molecule has 3 N–H and O–H groups in total. The largest absolute Gasteiger partial charge is 0.416 e. The molecule has 0 radical (unpaired) electrons. The van der Waals surface area contributed by atoms with Gasteiger partial charge in [0.25, 0.3) is 0 Å². The van der Waals surface area contributed by atoms with E-state index >= 15 is 0 Å². The van der Waals surface area contributed by atoms with Gasteiger partial charge in [-0.25, -0.2) is 15.0 Å². The van der Waals surface area contributed by atoms with E-state index in [9.17, 15) is 13.2 Å². The lowest BCUT2D eigenvalue weighted by Crippen LogP contribution is -2.04. The Morgan fingerprint density at radius 1 is 1.00 bits per heavy atom. The quantitative estimate of drug-likeness (QED) is 0.562. The number of nitrogens with one attached hydrogen (secondary N) is 1. The maximum absolute atomic E-state index is 13.0. The average molecular weight is 355 g/mol. The van der Waals surface area contributed by atoms with Gasteiger partial charge in [-0.2, -0.15) is 13.2 Å². The molecule has 0 fully saturated rings. The Morgan fingerprint density at radius 2 is 1.85 bits per heavy atom. The minimum absolute atomic E-state index is 0.138. The predicted octanol–water partition coefficient (Wildman–Crippen LogP) is 4.29. The first-order chi connectivity index (χ1) is 12.4. The molecule has 0 bridgehead atoms. The maximum Gasteiger partial charge on any atom is 0.416 e. The Hall–Kier alpha value is -3.42. The molecule has 130 valence electrons. The van der Waals surface area contributed by atoms with Gasteiger partial charge in [-0.05, 0) is 29.8 Å². The molecule has 0 spiro atoms. The van der Waals surface area contributed by atoms with Crippen LogP contribution in [0.15, 0.2) is 55.0 Å². The molecular weight excluding hydrogens is 343 g/mol. The number of aromatic nitrogens is 4. The van der Waals surface area contributed by atoms with Crippen molar-refractivity contribution in [3.8, 4) is 22.4 Å². The van der Waals surface area contributed by atoms with Crippen LogP contribution < -0.4 is 5.73 Å². The second-order valence-electron chi connectivity index (χ2n) is 5.70. The van der Waals surface area contributed by atoms with Gasteiger partial charge < -0.3 is 10.7 Å². The van der Waals surface area contributed by atoms with E-state index < -0.39 is 11.7 Å². The zero-order valence-corrected chi connectivity index (χ0v) is 13.2. The highest BCUT2D eigenvalue weighted by Crippen LogP contribution is 2.34. The third-order valence-corrected chi connectivity index (χ3v) is 4.00. The summed E-state index contributed by atoms with van der Waals surface area (Å²) in [5.41, 5.74) is 7.89. The molecule has 0 amide bonds. The Morgan fingerprint density at radius 3 is 2.62 bits per heavy atom. The summed E-state index contributed by atoms with van der Waals surface area (Å²) < 4.78 is 38.9. The van der Waals surface area contributed by atoms with E-state index in [0.29, 0.717) is 22.5 Å². The minimum atomic E-state index is -4.40. The van der Waals surface area contributed by atoms with Gasteiger partial charge >= 0.3 is 6.18 Å². The van der Waals surface area contributed by atoms with E-state index in [1.165, 1.54) is 12.3 Å². The fourth-order valence-corrected chi connectivity index (χ4v) is 2.77. The molecule has 0 aliphatic heterocycles. The van der Waals surface area contributed by atoms with Crippen LogP contribution in [0.4, 0.5) is 19.1 Å². The van der Waals surface area contributed by atoms with E-state index in [-0.39, 0.29) is 5.95 Å². The molecule has 0 saturated carbocycles. The summed E-state index contributed by atoms with van der Waals surface area (Å²) in [5.74, 6) is 0.138. The van der Waals surface area contributed by atoms with Crippen molar-refractivity contribution >= 4 is 17.0 Å². The number of nitrogens with zero attached hydrogens (tertiary/aromatic N) is 3. The number of hydrogen-bond donors (Lipinski definition) is 2. The molecule has 1 aromatic carbocycles. The first kappa shape index (κ1) is 16.1. The Kier molecular flexibility index (Phi) is 3.61. The molecule has 0 unspecified atom stereocenters. The van der Waals surface area contributed by atoms with Crippen molar-refractivity contribution < 1.29 is 13.2 Å². The summed E-state index contributed by atoms with van der Waals surface area (Å²) in [6.07, 6.45) is 0.410. The summed E-state index contributed by atoms with van der Waals surface area (Å²) in [5, 5.41) is 0.734. The van der Waals surface area contributed by atoms with Gasteiger partial charge in [-0.3, -0.25) is 0 Å². The van der Waals surface area contributed by atoms with Crippen LogP contribution >= 0.6 is 0 Å². The summed E-state index contributed by atoms with van der Waals surface area (Å²) in [6.45, 7) is 0. The van der Waals surface area contributed by atoms with Crippen LogP contribution in [0, 0.1) is 0 Å². The Bertz CT molecular complexity index is 1100. The second-order valence-corrected chi connectivity index (χ2v) is 5.70. The lowest BCUT2D eigenvalue weighted by atomic mass is 10.0. The lowest BCUT2D eigenvalue weighted by molar-refractivity contribution is -0.137. The van der Waals surface area contributed by atoms with Gasteiger partial charge in [-0.1, -0.05) is 12.1 Å². The van der Waals surface area contributed by atoms with Crippen LogP contribution in [0.2, 0.25) is 0 Å². The van der Waals surface area contributed by atoms with Gasteiger partial charge in [0.15, 0.2) is 0 Å². The van der Waals surface area contributed by atoms with Crippen molar-refractivity contribution in [1.82, 2.24) is 19.9 Å². The molecule has 4 aromatic rings. The molecule has 0 aliphatic rings. The maximum atomic E-state index is 13.0. The first-order valence-corrected chi connectivity index (χ1v) is 7.65. The van der Waals surface area contributed by atoms with Crippen molar-refractivity contribution in [2.45, 2.75) is 6.18 Å². The molecule has 0 saturated heterocycles. The third-order valence-electron chi connectivity index (χ3n) is 4.00. The second kappa shape index (κ2) is 5.83. The minimum Gasteiger partial charge on any atom is -0.368 e. The number of hydrogen-bond acceptors (Lipinski definition) is 4. The van der Waals surface area contributed by atoms with Crippen molar-refractivity contribution in [2.24, 2.45) is 0 Å². The number of benzene rings is 1. The zero-order valence-electron chi connectivity index (χ0n) is 13.2. The van der Waals surface area contributed by atoms with Gasteiger partial charge in [0.1, 0.15) is 5.65 Å². The number of H-pyrrole nitrogens is 1. The van der Waals surface area contributed by atoms with Crippen LogP contribution in [0.5, 0.6) is 0 Å². The van der Waals surface area contributed by atoms with Gasteiger partial charge in [0.2, 0.25) is 5.95 Å². The fraction of sp³-hybridized carbons (Fsp3) is 0.0556. The topological polar surface area (TPSA) is 80.5 Å². The van der Waals surface area contributed by atoms with Crippen molar-refractivity contribution in [3.05, 3.63) is 60.6 Å². The molecule has 26 heavy (non-hydrogen) atoms. The third kappa shape index (κ3) is 2.85. The predicted molar refractivity (Wildman–Crippen MR) is 92.0 cm³/mol. The van der Waals surface area contributed by atoms with Crippen molar-refractivity contribution in [2.75, 3.05) is 5.73 Å². The molecule has 4 rings (SSSR count). The number of rotatable bonds is 2. The number of aromatic amines is 1. The van der Waals surface area contributed by atoms with Crippen LogP contribution in [0.3, 0.4) is 0 Å². The van der Waals surface area contributed by atoms with Crippen molar-refractivity contribution in [1.29, 1.82) is 0 Å². The zero-order chi connectivity index (χ0) is 18.3. The van der Waals surface area contributed by atoms with Crippen LogP contribution in [0.25, 0.3) is 33.4 Å². The smallest absolute Gasteiger partial charge is 0.368 e. The summed E-state index contributed by atoms with van der Waals surface area (Å²) in [6, 6.07) is 8.63. The Balaban J connectivity index is 1.85. The molecule has 3 aromatic heterocycles. The molecule has 8 heteroatoms. The van der Waals surface area contributed by atoms with E-state index in [2.05, 4.69) is 19.9 Å². The number of halogens is 3. The highest BCUT2D eigenvalue weighted by Gasteiger charge is 2.30. The van der Waals surface area contributed by atoms with Gasteiger partial charge in [0, 0.05) is 35.1 Å². The monoisotopic (exact) mass is 355 g/mol. The summed E-state index contributed by atoms with van der Waals surface area (Å²) in [4.78, 5) is 15.4. The molecule has 0 atom stereocenters. The Labute approximate surface area is 145 Å². The number of fused-ring (bicyclic) bond motifs is 1. The van der Waals surface area contributed by atoms with Crippen molar-refractivity contribution in [3.63, 3.8) is 0 Å². The van der Waals surface area contributed by atoms with Gasteiger partial charge in [0.05, 0.1) is 11.3 Å². The number of pyridine rings is 1. The molecular formula is C18H12F3N5. The van der Waals surface area contributed by atoms with E-state index in [4.69, 9.17) is 5.73 Å². The highest BCUT2D eigenvalue weighted by molar-refractivity contribution is 5.95.